The number of pyridine rings is 2. The Kier molecular flexibility index (Phi) is 5.92. The summed E-state index contributed by atoms with van der Waals surface area (Å²) < 4.78 is 7.08. The molecule has 3 heterocycles. The Morgan fingerprint density at radius 2 is 2.17 bits per heavy atom. The fourth-order valence-electron chi connectivity index (χ4n) is 4.21. The van der Waals surface area contributed by atoms with Crippen molar-refractivity contribution in [2.45, 2.75) is 25.3 Å². The first kappa shape index (κ1) is 22.2. The Labute approximate surface area is 200 Å². The lowest BCUT2D eigenvalue weighted by atomic mass is 9.93. The summed E-state index contributed by atoms with van der Waals surface area (Å²) in [6.45, 7) is 0. The maximum absolute atomic E-state index is 12.5. The fourth-order valence-corrected chi connectivity index (χ4v) is 4.21. The molecule has 1 aromatic carbocycles. The summed E-state index contributed by atoms with van der Waals surface area (Å²) in [7, 11) is 1.57. The van der Waals surface area contributed by atoms with Crippen LogP contribution < -0.4 is 10.1 Å². The van der Waals surface area contributed by atoms with Crippen LogP contribution in [0.15, 0.2) is 60.9 Å². The minimum Gasteiger partial charge on any atom is -0.481 e. The van der Waals surface area contributed by atoms with Crippen LogP contribution in [0, 0.1) is 10.1 Å². The molecular weight excluding hydrogens is 448 g/mol. The van der Waals surface area contributed by atoms with Crippen LogP contribution in [-0.4, -0.2) is 43.7 Å². The summed E-state index contributed by atoms with van der Waals surface area (Å²) in [6, 6.07) is 11.6. The van der Waals surface area contributed by atoms with Gasteiger partial charge in [0, 0.05) is 42.7 Å². The van der Waals surface area contributed by atoms with E-state index in [-0.39, 0.29) is 17.6 Å². The summed E-state index contributed by atoms with van der Waals surface area (Å²) >= 11 is 0. The molecule has 4 aromatic rings. The fraction of sp³-hybridized carbons (Fsp3) is 0.200. The van der Waals surface area contributed by atoms with E-state index in [4.69, 9.17) is 9.84 Å². The van der Waals surface area contributed by atoms with Crippen LogP contribution in [0.2, 0.25) is 0 Å². The molecule has 10 nitrogen and oxygen atoms in total. The third-order valence-corrected chi connectivity index (χ3v) is 5.92. The van der Waals surface area contributed by atoms with Gasteiger partial charge in [0.25, 0.3) is 5.69 Å². The molecule has 35 heavy (non-hydrogen) atoms. The number of aryl methyl sites for hydroxylation is 1. The van der Waals surface area contributed by atoms with Gasteiger partial charge in [0.15, 0.2) is 0 Å². The number of nitro benzene ring substituents is 1. The lowest BCUT2D eigenvalue weighted by molar-refractivity contribution is -0.384. The number of hydrogen-bond donors (Lipinski definition) is 1. The summed E-state index contributed by atoms with van der Waals surface area (Å²) in [6.07, 6.45) is 8.84. The zero-order valence-electron chi connectivity index (χ0n) is 18.9. The first-order valence-corrected chi connectivity index (χ1v) is 11.1. The Morgan fingerprint density at radius 1 is 1.29 bits per heavy atom. The van der Waals surface area contributed by atoms with E-state index in [0.717, 1.165) is 35.3 Å². The molecule has 3 aromatic heterocycles. The lowest BCUT2D eigenvalue weighted by Crippen LogP contribution is -2.37. The zero-order chi connectivity index (χ0) is 24.4. The number of nitro groups is 1. The van der Waals surface area contributed by atoms with Gasteiger partial charge in [-0.2, -0.15) is 5.10 Å². The first-order valence-electron chi connectivity index (χ1n) is 11.1. The highest BCUT2D eigenvalue weighted by Crippen LogP contribution is 2.25. The van der Waals surface area contributed by atoms with Crippen LogP contribution in [0.5, 0.6) is 5.88 Å². The molecule has 5 rings (SSSR count). The van der Waals surface area contributed by atoms with Crippen LogP contribution in [0.3, 0.4) is 0 Å². The molecule has 176 valence electrons. The summed E-state index contributed by atoms with van der Waals surface area (Å²) in [4.78, 5) is 31.9. The van der Waals surface area contributed by atoms with Crippen LogP contribution in [0.25, 0.3) is 22.8 Å². The number of methoxy groups -OCH3 is 1. The van der Waals surface area contributed by atoms with Gasteiger partial charge in [-0.25, -0.2) is 9.67 Å². The third-order valence-electron chi connectivity index (χ3n) is 5.92. The lowest BCUT2D eigenvalue weighted by Gasteiger charge is -2.21. The second-order valence-electron chi connectivity index (χ2n) is 8.23. The SMILES string of the molecule is COc1ccc2nccc(-n3cc4c(n3)CCC(NC(=O)/C=C/c3cccc([N+](=O)[O-])c3)C4)c2n1. The highest BCUT2D eigenvalue weighted by Gasteiger charge is 2.23. The minimum atomic E-state index is -0.460. The van der Waals surface area contributed by atoms with Gasteiger partial charge < -0.3 is 10.1 Å². The van der Waals surface area contributed by atoms with Crippen molar-refractivity contribution in [3.63, 3.8) is 0 Å². The number of ether oxygens (including phenoxy) is 1. The topological polar surface area (TPSA) is 125 Å². The van der Waals surface area contributed by atoms with E-state index in [1.165, 1.54) is 18.2 Å². The molecule has 1 aliphatic rings. The quantitative estimate of drug-likeness (QED) is 0.260. The molecule has 1 aliphatic carbocycles. The number of carbonyl (C=O) groups is 1. The molecule has 0 aliphatic heterocycles. The second kappa shape index (κ2) is 9.34. The van der Waals surface area contributed by atoms with Crippen molar-refractivity contribution in [2.75, 3.05) is 7.11 Å². The number of hydrogen-bond acceptors (Lipinski definition) is 7. The molecule has 0 radical (unpaired) electrons. The van der Waals surface area contributed by atoms with Gasteiger partial charge in [0.1, 0.15) is 5.52 Å². The molecule has 0 fully saturated rings. The third kappa shape index (κ3) is 4.72. The molecule has 1 atom stereocenters. The predicted octanol–water partition coefficient (Wildman–Crippen LogP) is 3.42. The molecule has 0 bridgehead atoms. The van der Waals surface area contributed by atoms with Crippen molar-refractivity contribution in [1.29, 1.82) is 0 Å². The predicted molar refractivity (Wildman–Crippen MR) is 129 cm³/mol. The van der Waals surface area contributed by atoms with Crippen LogP contribution in [0.4, 0.5) is 5.69 Å². The highest BCUT2D eigenvalue weighted by molar-refractivity contribution is 5.92. The molecule has 1 N–H and O–H groups in total. The molecule has 1 amide bonds. The van der Waals surface area contributed by atoms with Crippen LogP contribution in [-0.2, 0) is 17.6 Å². The first-order chi connectivity index (χ1) is 17.0. The van der Waals surface area contributed by atoms with Gasteiger partial charge in [0.05, 0.1) is 28.9 Å². The van der Waals surface area contributed by atoms with Crippen molar-refractivity contribution < 1.29 is 14.5 Å². The number of non-ortho nitro benzene ring substituents is 1. The summed E-state index contributed by atoms with van der Waals surface area (Å²) in [5, 5.41) is 18.7. The number of benzene rings is 1. The van der Waals surface area contributed by atoms with Crippen molar-refractivity contribution in [3.8, 4) is 11.6 Å². The Bertz CT molecular complexity index is 1460. The number of rotatable bonds is 6. The van der Waals surface area contributed by atoms with Crippen LogP contribution in [0.1, 0.15) is 23.2 Å². The minimum absolute atomic E-state index is 0.0139. The summed E-state index contributed by atoms with van der Waals surface area (Å²) in [5.41, 5.74) is 4.90. The summed E-state index contributed by atoms with van der Waals surface area (Å²) in [5.74, 6) is 0.262. The monoisotopic (exact) mass is 470 g/mol. The molecule has 1 unspecified atom stereocenters. The van der Waals surface area contributed by atoms with E-state index in [2.05, 4.69) is 15.3 Å². The van der Waals surface area contributed by atoms with Gasteiger partial charge in [0.2, 0.25) is 11.8 Å². The molecular formula is C25H22N6O4. The zero-order valence-corrected chi connectivity index (χ0v) is 18.9. The number of fused-ring (bicyclic) bond motifs is 2. The van der Waals surface area contributed by atoms with Gasteiger partial charge in [-0.05, 0) is 48.6 Å². The van der Waals surface area contributed by atoms with E-state index in [9.17, 15) is 14.9 Å². The molecule has 10 heteroatoms. The number of nitrogens with one attached hydrogen (secondary N) is 1. The maximum atomic E-state index is 12.5. The van der Waals surface area contributed by atoms with Crippen molar-refractivity contribution in [2.24, 2.45) is 0 Å². The average Bonchev–Trinajstić information content (AvgIpc) is 3.30. The van der Waals surface area contributed by atoms with Crippen molar-refractivity contribution >= 4 is 28.7 Å². The maximum Gasteiger partial charge on any atom is 0.270 e. The number of amides is 1. The average molecular weight is 470 g/mol. The standard InChI is InChI=1S/C25H22N6O4/c1-35-24-10-8-21-25(28-24)22(11-12-26-21)30-15-17-14-18(6-7-20(17)29-30)27-23(32)9-5-16-3-2-4-19(13-16)31(33)34/h2-5,8-13,15,18H,6-7,14H2,1H3,(H,27,32)/b9-5+. The Morgan fingerprint density at radius 3 is 3.00 bits per heavy atom. The van der Waals surface area contributed by atoms with Gasteiger partial charge >= 0.3 is 0 Å². The van der Waals surface area contributed by atoms with Gasteiger partial charge in [-0.3, -0.25) is 19.9 Å². The Balaban J connectivity index is 1.30. The molecule has 0 saturated heterocycles. The highest BCUT2D eigenvalue weighted by atomic mass is 16.6. The number of carbonyl (C=O) groups excluding carboxylic acids is 1. The van der Waals surface area contributed by atoms with E-state index in [0.29, 0.717) is 23.4 Å². The number of nitrogens with zero attached hydrogens (tertiary/aromatic N) is 5. The van der Waals surface area contributed by atoms with Crippen molar-refractivity contribution in [3.05, 3.63) is 87.9 Å². The number of aromatic nitrogens is 4. The van der Waals surface area contributed by atoms with Gasteiger partial charge in [-0.1, -0.05) is 12.1 Å². The van der Waals surface area contributed by atoms with Crippen LogP contribution >= 0.6 is 0 Å². The normalized spacial score (nSPS) is 15.2. The molecule has 0 saturated carbocycles. The Hall–Kier alpha value is -4.60. The smallest absolute Gasteiger partial charge is 0.270 e. The van der Waals surface area contributed by atoms with E-state index in [1.807, 2.05) is 23.0 Å². The van der Waals surface area contributed by atoms with E-state index < -0.39 is 4.92 Å². The molecule has 0 spiro atoms. The van der Waals surface area contributed by atoms with E-state index >= 15 is 0 Å². The second-order valence-corrected chi connectivity index (χ2v) is 8.23. The van der Waals surface area contributed by atoms with Gasteiger partial charge in [-0.15, -0.1) is 0 Å². The van der Waals surface area contributed by atoms with Crippen molar-refractivity contribution in [1.82, 2.24) is 25.1 Å². The largest absolute Gasteiger partial charge is 0.481 e. The van der Waals surface area contributed by atoms with E-state index in [1.54, 1.807) is 37.6 Å².